The zero-order valence-electron chi connectivity index (χ0n) is 17.4. The summed E-state index contributed by atoms with van der Waals surface area (Å²) in [5.74, 6) is -1.18. The normalized spacial score (nSPS) is 36.3. The number of amides is 3. The molecule has 0 unspecified atom stereocenters. The number of aryl methyl sites for hydroxylation is 1. The summed E-state index contributed by atoms with van der Waals surface area (Å²) in [5, 5.41) is 9.73. The van der Waals surface area contributed by atoms with E-state index < -0.39 is 29.6 Å². The van der Waals surface area contributed by atoms with Crippen molar-refractivity contribution in [1.29, 1.82) is 0 Å². The molecule has 2 N–H and O–H groups in total. The monoisotopic (exact) mass is 426 g/mol. The molecule has 4 fully saturated rings. The Hall–Kier alpha value is -2.68. The van der Waals surface area contributed by atoms with Crippen LogP contribution in [0.4, 0.5) is 5.82 Å². The fraction of sp³-hybridized carbons (Fsp3) is 0.636. The Morgan fingerprint density at radius 1 is 1.19 bits per heavy atom. The number of anilines is 1. The summed E-state index contributed by atoms with van der Waals surface area (Å²) >= 11 is 0. The van der Waals surface area contributed by atoms with Crippen molar-refractivity contribution in [2.45, 2.75) is 75.3 Å². The maximum absolute atomic E-state index is 13.6. The first-order chi connectivity index (χ1) is 15.0. The Morgan fingerprint density at radius 2 is 1.97 bits per heavy atom. The van der Waals surface area contributed by atoms with E-state index in [-0.39, 0.29) is 29.8 Å². The van der Waals surface area contributed by atoms with Crippen LogP contribution in [0, 0.1) is 18.8 Å². The molecule has 2 bridgehead atoms. The molecule has 2 saturated heterocycles. The number of rotatable bonds is 5. The lowest BCUT2D eigenvalue weighted by molar-refractivity contribution is -0.142. The van der Waals surface area contributed by atoms with Gasteiger partial charge >= 0.3 is 0 Å². The number of likely N-dealkylation sites (tertiary alicyclic amines) is 1. The Bertz CT molecular complexity index is 978. The van der Waals surface area contributed by atoms with Crippen molar-refractivity contribution in [3.63, 3.8) is 0 Å². The Balaban J connectivity index is 1.31. The van der Waals surface area contributed by atoms with Crippen LogP contribution >= 0.6 is 0 Å². The van der Waals surface area contributed by atoms with Gasteiger partial charge in [-0.3, -0.25) is 14.4 Å². The van der Waals surface area contributed by atoms with E-state index in [1.54, 1.807) is 17.9 Å². The van der Waals surface area contributed by atoms with Crippen LogP contribution in [0.25, 0.3) is 0 Å². The molecule has 2 aliphatic carbocycles. The third-order valence-corrected chi connectivity index (χ3v) is 7.38. The van der Waals surface area contributed by atoms with Gasteiger partial charge in [-0.2, -0.15) is 0 Å². The van der Waals surface area contributed by atoms with Gasteiger partial charge in [0.15, 0.2) is 5.82 Å². The van der Waals surface area contributed by atoms with Crippen LogP contribution in [0.5, 0.6) is 0 Å². The molecule has 0 aromatic carbocycles. The first kappa shape index (κ1) is 19.0. The number of hydrogen-bond acceptors (Lipinski definition) is 6. The van der Waals surface area contributed by atoms with Gasteiger partial charge in [0.25, 0.3) is 0 Å². The maximum atomic E-state index is 13.6. The third kappa shape index (κ3) is 2.78. The van der Waals surface area contributed by atoms with E-state index in [4.69, 9.17) is 9.26 Å². The molecule has 0 radical (unpaired) electrons. The molecule has 9 heteroatoms. The van der Waals surface area contributed by atoms with E-state index in [9.17, 15) is 14.4 Å². The second-order valence-corrected chi connectivity index (χ2v) is 9.48. The van der Waals surface area contributed by atoms with Crippen molar-refractivity contribution in [1.82, 2.24) is 15.4 Å². The molecule has 3 aliphatic heterocycles. The molecule has 3 amide bonds. The zero-order chi connectivity index (χ0) is 21.3. The second-order valence-electron chi connectivity index (χ2n) is 9.48. The highest BCUT2D eigenvalue weighted by Gasteiger charge is 2.74. The van der Waals surface area contributed by atoms with Gasteiger partial charge in [0.1, 0.15) is 17.4 Å². The smallest absolute Gasteiger partial charge is 0.246 e. The van der Waals surface area contributed by atoms with Crippen LogP contribution in [-0.4, -0.2) is 57.6 Å². The zero-order valence-corrected chi connectivity index (χ0v) is 17.4. The Labute approximate surface area is 179 Å². The van der Waals surface area contributed by atoms with Crippen LogP contribution in [0.2, 0.25) is 0 Å². The lowest BCUT2D eigenvalue weighted by Gasteiger charge is -2.33. The van der Waals surface area contributed by atoms with Gasteiger partial charge in [-0.15, -0.1) is 0 Å². The first-order valence-corrected chi connectivity index (χ1v) is 11.2. The van der Waals surface area contributed by atoms with Crippen molar-refractivity contribution < 1.29 is 23.6 Å². The predicted octanol–water partition coefficient (Wildman–Crippen LogP) is 1.29. The third-order valence-electron chi connectivity index (χ3n) is 7.38. The molecule has 4 heterocycles. The summed E-state index contributed by atoms with van der Waals surface area (Å²) in [5.41, 5.74) is -1.09. The average Bonchev–Trinajstić information content (AvgIpc) is 3.14. The van der Waals surface area contributed by atoms with E-state index in [1.165, 1.54) is 0 Å². The number of hydrogen-bond donors (Lipinski definition) is 2. The van der Waals surface area contributed by atoms with Crippen molar-refractivity contribution in [3.05, 3.63) is 24.0 Å². The highest BCUT2D eigenvalue weighted by Crippen LogP contribution is 2.57. The number of nitrogens with zero attached hydrogens (tertiary/aromatic N) is 2. The molecule has 2 saturated carbocycles. The van der Waals surface area contributed by atoms with Gasteiger partial charge in [-0.1, -0.05) is 30.2 Å². The molecule has 31 heavy (non-hydrogen) atoms. The summed E-state index contributed by atoms with van der Waals surface area (Å²) in [7, 11) is 0. The van der Waals surface area contributed by atoms with Crippen molar-refractivity contribution in [3.8, 4) is 0 Å². The van der Waals surface area contributed by atoms with E-state index in [0.29, 0.717) is 11.6 Å². The SMILES string of the molecule is Cc1cc(NC(=O)[C@@H]2[C@H]3C=C[C@@]4(O3)[C@H]2C(=O)N(C2CC2)[C@@H]4C(=O)NC2CCCC2)no1. The lowest BCUT2D eigenvalue weighted by atomic mass is 9.74. The summed E-state index contributed by atoms with van der Waals surface area (Å²) < 4.78 is 11.3. The van der Waals surface area contributed by atoms with Crippen molar-refractivity contribution in [2.24, 2.45) is 11.8 Å². The molecule has 1 spiro atoms. The Kier molecular flexibility index (Phi) is 4.09. The molecule has 164 valence electrons. The topological polar surface area (TPSA) is 114 Å². The van der Waals surface area contributed by atoms with E-state index in [2.05, 4.69) is 15.8 Å². The van der Waals surface area contributed by atoms with Crippen LogP contribution in [0.15, 0.2) is 22.7 Å². The minimum atomic E-state index is -1.09. The summed E-state index contributed by atoms with van der Waals surface area (Å²) in [6.45, 7) is 1.74. The minimum absolute atomic E-state index is 0.0461. The molecule has 9 nitrogen and oxygen atoms in total. The first-order valence-electron chi connectivity index (χ1n) is 11.2. The summed E-state index contributed by atoms with van der Waals surface area (Å²) in [6, 6.07) is 1.09. The van der Waals surface area contributed by atoms with E-state index in [1.807, 2.05) is 12.2 Å². The average molecular weight is 426 g/mol. The molecule has 1 aromatic heterocycles. The van der Waals surface area contributed by atoms with Crippen LogP contribution in [0.1, 0.15) is 44.3 Å². The molecular weight excluding hydrogens is 400 g/mol. The molecular formula is C22H26N4O5. The van der Waals surface area contributed by atoms with Crippen LogP contribution < -0.4 is 10.6 Å². The van der Waals surface area contributed by atoms with Crippen LogP contribution in [0.3, 0.4) is 0 Å². The van der Waals surface area contributed by atoms with Gasteiger partial charge in [0.2, 0.25) is 17.7 Å². The molecule has 5 atom stereocenters. The van der Waals surface area contributed by atoms with Gasteiger partial charge < -0.3 is 24.8 Å². The fourth-order valence-electron chi connectivity index (χ4n) is 5.94. The number of fused-ring (bicyclic) bond motifs is 1. The molecule has 6 rings (SSSR count). The van der Waals surface area contributed by atoms with Gasteiger partial charge in [-0.05, 0) is 32.6 Å². The Morgan fingerprint density at radius 3 is 2.65 bits per heavy atom. The number of nitrogens with one attached hydrogen (secondary N) is 2. The largest absolute Gasteiger partial charge is 0.360 e. The van der Waals surface area contributed by atoms with Gasteiger partial charge in [-0.25, -0.2) is 0 Å². The standard InChI is InChI=1S/C22H26N4O5/c1-11-10-15(25-31-11)24-19(27)16-14-8-9-22(30-14)17(16)21(29)26(13-6-7-13)18(22)20(28)23-12-4-2-3-5-12/h8-10,12-14,16-18H,2-7H2,1H3,(H,23,28)(H,24,25,27)/t14-,16-,17-,18-,22-/m1/s1. The molecule has 1 aromatic rings. The number of ether oxygens (including phenoxy) is 1. The quantitative estimate of drug-likeness (QED) is 0.686. The summed E-state index contributed by atoms with van der Waals surface area (Å²) in [4.78, 5) is 41.9. The highest BCUT2D eigenvalue weighted by molar-refractivity contribution is 6.02. The molecule has 5 aliphatic rings. The summed E-state index contributed by atoms with van der Waals surface area (Å²) in [6.07, 6.45) is 9.05. The maximum Gasteiger partial charge on any atom is 0.246 e. The number of aromatic nitrogens is 1. The van der Waals surface area contributed by atoms with E-state index in [0.717, 1.165) is 38.5 Å². The van der Waals surface area contributed by atoms with E-state index >= 15 is 0 Å². The lowest BCUT2D eigenvalue weighted by Crippen LogP contribution is -2.56. The van der Waals surface area contributed by atoms with Gasteiger partial charge in [0.05, 0.1) is 17.9 Å². The van der Waals surface area contributed by atoms with Crippen molar-refractivity contribution in [2.75, 3.05) is 5.32 Å². The van der Waals surface area contributed by atoms with Crippen LogP contribution in [-0.2, 0) is 19.1 Å². The fourth-order valence-corrected chi connectivity index (χ4v) is 5.94. The number of carbonyl (C=O) groups is 3. The highest BCUT2D eigenvalue weighted by atomic mass is 16.5. The van der Waals surface area contributed by atoms with Gasteiger partial charge in [0, 0.05) is 18.2 Å². The minimum Gasteiger partial charge on any atom is -0.360 e. The van der Waals surface area contributed by atoms with Crippen molar-refractivity contribution >= 4 is 23.5 Å². The predicted molar refractivity (Wildman–Crippen MR) is 108 cm³/mol. The second kappa shape index (κ2) is 6.66. The number of carbonyl (C=O) groups excluding carboxylic acids is 3.